The largest absolute Gasteiger partial charge is 0.372 e. The maximum Gasteiger partial charge on any atom is 0.251 e. The van der Waals surface area contributed by atoms with Crippen LogP contribution in [0.4, 0.5) is 5.69 Å². The average molecular weight is 312 g/mol. The molecular formula is C20H28N2O. The monoisotopic (exact) mass is 312 g/mol. The third-order valence-corrected chi connectivity index (χ3v) is 4.97. The van der Waals surface area contributed by atoms with E-state index in [1.807, 2.05) is 12.1 Å². The molecular weight excluding hydrogens is 284 g/mol. The Kier molecular flexibility index (Phi) is 5.73. The van der Waals surface area contributed by atoms with Crippen molar-refractivity contribution < 1.29 is 4.79 Å². The molecule has 3 rings (SSSR count). The number of rotatable bonds is 5. The van der Waals surface area contributed by atoms with Crippen molar-refractivity contribution in [2.24, 2.45) is 0 Å². The maximum absolute atomic E-state index is 12.2. The molecule has 0 radical (unpaired) electrons. The van der Waals surface area contributed by atoms with Gasteiger partial charge in [-0.15, -0.1) is 0 Å². The maximum atomic E-state index is 12.2. The molecule has 0 spiro atoms. The van der Waals surface area contributed by atoms with Crippen molar-refractivity contribution in [2.45, 2.75) is 51.4 Å². The lowest BCUT2D eigenvalue weighted by Gasteiger charge is -2.28. The number of allylic oxidation sites excluding steroid dienone is 1. The second-order valence-electron chi connectivity index (χ2n) is 6.71. The highest BCUT2D eigenvalue weighted by Crippen LogP contribution is 2.21. The van der Waals surface area contributed by atoms with Gasteiger partial charge in [0.1, 0.15) is 0 Å². The second-order valence-corrected chi connectivity index (χ2v) is 6.71. The van der Waals surface area contributed by atoms with Crippen LogP contribution >= 0.6 is 0 Å². The van der Waals surface area contributed by atoms with Gasteiger partial charge in [-0.2, -0.15) is 0 Å². The van der Waals surface area contributed by atoms with Gasteiger partial charge in [0.2, 0.25) is 0 Å². The first-order chi connectivity index (χ1) is 11.3. The number of benzene rings is 1. The summed E-state index contributed by atoms with van der Waals surface area (Å²) in [6, 6.07) is 8.09. The van der Waals surface area contributed by atoms with Gasteiger partial charge in [-0.05, 0) is 75.6 Å². The highest BCUT2D eigenvalue weighted by molar-refractivity contribution is 5.94. The Morgan fingerprint density at radius 1 is 1.00 bits per heavy atom. The van der Waals surface area contributed by atoms with Crippen LogP contribution in [-0.2, 0) is 0 Å². The SMILES string of the molecule is O=C(NCCC1=CCCCC1)c1ccc(N2CCCCC2)cc1. The smallest absolute Gasteiger partial charge is 0.251 e. The van der Waals surface area contributed by atoms with Crippen LogP contribution < -0.4 is 10.2 Å². The molecule has 1 fully saturated rings. The Balaban J connectivity index is 1.48. The van der Waals surface area contributed by atoms with E-state index in [1.54, 1.807) is 0 Å². The van der Waals surface area contributed by atoms with E-state index >= 15 is 0 Å². The van der Waals surface area contributed by atoms with Crippen molar-refractivity contribution in [1.82, 2.24) is 5.32 Å². The van der Waals surface area contributed by atoms with Crippen LogP contribution in [-0.4, -0.2) is 25.5 Å². The van der Waals surface area contributed by atoms with Crippen LogP contribution in [0.25, 0.3) is 0 Å². The van der Waals surface area contributed by atoms with Gasteiger partial charge >= 0.3 is 0 Å². The third kappa shape index (κ3) is 4.60. The molecule has 1 aliphatic carbocycles. The summed E-state index contributed by atoms with van der Waals surface area (Å²) < 4.78 is 0. The quantitative estimate of drug-likeness (QED) is 0.822. The number of nitrogens with one attached hydrogen (secondary N) is 1. The van der Waals surface area contributed by atoms with E-state index in [9.17, 15) is 4.79 Å². The van der Waals surface area contributed by atoms with E-state index in [4.69, 9.17) is 0 Å². The van der Waals surface area contributed by atoms with Crippen molar-refractivity contribution in [3.63, 3.8) is 0 Å². The molecule has 1 aliphatic heterocycles. The molecule has 1 heterocycles. The first kappa shape index (κ1) is 16.1. The Labute approximate surface area is 139 Å². The van der Waals surface area contributed by atoms with Crippen molar-refractivity contribution in [1.29, 1.82) is 0 Å². The summed E-state index contributed by atoms with van der Waals surface area (Å²) in [5, 5.41) is 3.05. The summed E-state index contributed by atoms with van der Waals surface area (Å²) in [7, 11) is 0. The van der Waals surface area contributed by atoms with Crippen molar-refractivity contribution in [3.8, 4) is 0 Å². The lowest BCUT2D eigenvalue weighted by Crippen LogP contribution is -2.29. The van der Waals surface area contributed by atoms with Crippen LogP contribution in [0.2, 0.25) is 0 Å². The summed E-state index contributed by atoms with van der Waals surface area (Å²) in [6.07, 6.45) is 12.3. The summed E-state index contributed by atoms with van der Waals surface area (Å²) in [4.78, 5) is 14.6. The fourth-order valence-corrected chi connectivity index (χ4v) is 3.55. The Hall–Kier alpha value is -1.77. The van der Waals surface area contributed by atoms with Crippen molar-refractivity contribution in [3.05, 3.63) is 41.5 Å². The fourth-order valence-electron chi connectivity index (χ4n) is 3.55. The Morgan fingerprint density at radius 3 is 2.48 bits per heavy atom. The third-order valence-electron chi connectivity index (χ3n) is 4.97. The zero-order chi connectivity index (χ0) is 15.9. The molecule has 0 unspecified atom stereocenters. The van der Waals surface area contributed by atoms with Gasteiger partial charge < -0.3 is 10.2 Å². The molecule has 0 bridgehead atoms. The minimum absolute atomic E-state index is 0.0478. The molecule has 23 heavy (non-hydrogen) atoms. The first-order valence-corrected chi connectivity index (χ1v) is 9.14. The fraction of sp³-hybridized carbons (Fsp3) is 0.550. The molecule has 124 valence electrons. The van der Waals surface area contributed by atoms with Crippen LogP contribution in [0, 0.1) is 0 Å². The molecule has 1 aromatic rings. The highest BCUT2D eigenvalue weighted by atomic mass is 16.1. The molecule has 3 heteroatoms. The van der Waals surface area contributed by atoms with Gasteiger partial charge in [-0.25, -0.2) is 0 Å². The number of hydrogen-bond donors (Lipinski definition) is 1. The molecule has 1 saturated heterocycles. The normalized spacial score (nSPS) is 18.4. The van der Waals surface area contributed by atoms with E-state index in [-0.39, 0.29) is 5.91 Å². The predicted octanol–water partition coefficient (Wildman–Crippen LogP) is 4.30. The van der Waals surface area contributed by atoms with Gasteiger partial charge in [0, 0.05) is 30.9 Å². The number of carbonyl (C=O) groups excluding carboxylic acids is 1. The molecule has 3 nitrogen and oxygen atoms in total. The minimum atomic E-state index is 0.0478. The molecule has 1 aromatic carbocycles. The van der Waals surface area contributed by atoms with E-state index in [0.29, 0.717) is 0 Å². The average Bonchev–Trinajstić information content (AvgIpc) is 2.63. The van der Waals surface area contributed by atoms with Crippen LogP contribution in [0.3, 0.4) is 0 Å². The number of piperidine rings is 1. The van der Waals surface area contributed by atoms with E-state index in [0.717, 1.165) is 31.6 Å². The van der Waals surface area contributed by atoms with Crippen LogP contribution in [0.5, 0.6) is 0 Å². The molecule has 0 saturated carbocycles. The molecule has 2 aliphatic rings. The minimum Gasteiger partial charge on any atom is -0.372 e. The lowest BCUT2D eigenvalue weighted by atomic mass is 9.97. The molecule has 1 N–H and O–H groups in total. The van der Waals surface area contributed by atoms with Gasteiger partial charge in [-0.3, -0.25) is 4.79 Å². The van der Waals surface area contributed by atoms with Gasteiger partial charge in [-0.1, -0.05) is 11.6 Å². The second kappa shape index (κ2) is 8.19. The highest BCUT2D eigenvalue weighted by Gasteiger charge is 2.12. The van der Waals surface area contributed by atoms with E-state index in [2.05, 4.69) is 28.4 Å². The summed E-state index contributed by atoms with van der Waals surface area (Å²) >= 11 is 0. The van der Waals surface area contributed by atoms with E-state index in [1.165, 1.54) is 56.2 Å². The topological polar surface area (TPSA) is 32.3 Å². The van der Waals surface area contributed by atoms with Crippen LogP contribution in [0.1, 0.15) is 61.7 Å². The number of carbonyl (C=O) groups is 1. The van der Waals surface area contributed by atoms with Gasteiger partial charge in [0.05, 0.1) is 0 Å². The number of hydrogen-bond acceptors (Lipinski definition) is 2. The molecule has 0 atom stereocenters. The number of amides is 1. The van der Waals surface area contributed by atoms with Crippen LogP contribution in [0.15, 0.2) is 35.9 Å². The Bertz CT molecular complexity index is 541. The number of nitrogens with zero attached hydrogens (tertiary/aromatic N) is 1. The van der Waals surface area contributed by atoms with Crippen molar-refractivity contribution >= 4 is 11.6 Å². The first-order valence-electron chi connectivity index (χ1n) is 9.14. The standard InChI is InChI=1S/C20H28N2O/c23-20(21-14-13-17-7-3-1-4-8-17)18-9-11-19(12-10-18)22-15-5-2-6-16-22/h7,9-12H,1-6,8,13-16H2,(H,21,23). The molecule has 0 aromatic heterocycles. The predicted molar refractivity (Wildman–Crippen MR) is 96.0 cm³/mol. The van der Waals surface area contributed by atoms with Crippen molar-refractivity contribution in [2.75, 3.05) is 24.5 Å². The summed E-state index contributed by atoms with van der Waals surface area (Å²) in [5.74, 6) is 0.0478. The lowest BCUT2D eigenvalue weighted by molar-refractivity contribution is 0.0954. The summed E-state index contributed by atoms with van der Waals surface area (Å²) in [5.41, 5.74) is 3.52. The van der Waals surface area contributed by atoms with Gasteiger partial charge in [0.15, 0.2) is 0 Å². The summed E-state index contributed by atoms with van der Waals surface area (Å²) in [6.45, 7) is 3.03. The number of anilines is 1. The van der Waals surface area contributed by atoms with E-state index < -0.39 is 0 Å². The van der Waals surface area contributed by atoms with Gasteiger partial charge in [0.25, 0.3) is 5.91 Å². The zero-order valence-electron chi connectivity index (χ0n) is 14.0. The Morgan fingerprint density at radius 2 is 1.78 bits per heavy atom. The zero-order valence-corrected chi connectivity index (χ0v) is 14.0. The molecule has 1 amide bonds.